The smallest absolute Gasteiger partial charge is 0.118 e. The van der Waals surface area contributed by atoms with E-state index in [2.05, 4.69) is 45.9 Å². The van der Waals surface area contributed by atoms with E-state index in [9.17, 15) is 0 Å². The monoisotopic (exact) mass is 304 g/mol. The van der Waals surface area contributed by atoms with Crippen LogP contribution >= 0.6 is 11.6 Å². The van der Waals surface area contributed by atoms with Gasteiger partial charge in [0, 0.05) is 5.02 Å². The second kappa shape index (κ2) is 8.74. The molecule has 0 aliphatic heterocycles. The third-order valence-corrected chi connectivity index (χ3v) is 3.53. The van der Waals surface area contributed by atoms with Gasteiger partial charge in [-0.15, -0.1) is 0 Å². The lowest BCUT2D eigenvalue weighted by Crippen LogP contribution is -1.87. The average Bonchev–Trinajstić information content (AvgIpc) is 2.48. The molecular weight excluding hydrogens is 280 g/mol. The number of rotatable bonds is 3. The Morgan fingerprint density at radius 2 is 1.38 bits per heavy atom. The molecule has 0 aromatic heterocycles. The van der Waals surface area contributed by atoms with E-state index in [-0.39, 0.29) is 0 Å². The van der Waals surface area contributed by atoms with Gasteiger partial charge in [-0.1, -0.05) is 63.6 Å². The molecule has 1 nitrogen and oxygen atoms in total. The summed E-state index contributed by atoms with van der Waals surface area (Å²) in [5.74, 6) is 2.09. The number of ether oxygens (including phenoxy) is 1. The van der Waals surface area contributed by atoms with Crippen molar-refractivity contribution in [2.75, 3.05) is 7.11 Å². The quantitative estimate of drug-likeness (QED) is 0.648. The zero-order valence-electron chi connectivity index (χ0n) is 13.6. The fraction of sp³-hybridized carbons (Fsp3) is 0.368. The molecule has 0 bridgehead atoms. The first kappa shape index (κ1) is 17.6. The van der Waals surface area contributed by atoms with Crippen molar-refractivity contribution in [2.45, 2.75) is 39.5 Å². The highest BCUT2D eigenvalue weighted by atomic mass is 35.5. The van der Waals surface area contributed by atoms with Gasteiger partial charge in [-0.25, -0.2) is 0 Å². The van der Waals surface area contributed by atoms with Crippen molar-refractivity contribution in [1.82, 2.24) is 0 Å². The minimum Gasteiger partial charge on any atom is -0.497 e. The van der Waals surface area contributed by atoms with Crippen LogP contribution in [0.5, 0.6) is 5.75 Å². The molecule has 0 spiro atoms. The van der Waals surface area contributed by atoms with Crippen LogP contribution in [-0.4, -0.2) is 7.11 Å². The Labute approximate surface area is 133 Å². The zero-order chi connectivity index (χ0) is 15.8. The first-order chi connectivity index (χ1) is 9.93. The third-order valence-electron chi connectivity index (χ3n) is 3.30. The van der Waals surface area contributed by atoms with Crippen molar-refractivity contribution in [3.05, 3.63) is 64.7 Å². The van der Waals surface area contributed by atoms with E-state index in [1.807, 2.05) is 30.3 Å². The molecule has 0 aliphatic rings. The molecule has 0 aliphatic carbocycles. The van der Waals surface area contributed by atoms with E-state index in [0.29, 0.717) is 11.8 Å². The number of methoxy groups -OCH3 is 1. The molecular formula is C19H25ClO. The minimum absolute atomic E-state index is 0.568. The number of halogens is 1. The minimum atomic E-state index is 0.568. The maximum atomic E-state index is 5.79. The Morgan fingerprint density at radius 1 is 0.810 bits per heavy atom. The first-order valence-corrected chi connectivity index (χ1v) is 7.71. The molecule has 0 fully saturated rings. The summed E-state index contributed by atoms with van der Waals surface area (Å²) in [6.45, 7) is 8.68. The molecule has 0 radical (unpaired) electrons. The molecule has 2 aromatic rings. The number of benzene rings is 2. The summed E-state index contributed by atoms with van der Waals surface area (Å²) in [6, 6.07) is 16.2. The van der Waals surface area contributed by atoms with Crippen LogP contribution in [0.1, 0.15) is 50.7 Å². The van der Waals surface area contributed by atoms with Crippen LogP contribution in [-0.2, 0) is 0 Å². The second-order valence-electron chi connectivity index (χ2n) is 5.64. The Kier molecular flexibility index (Phi) is 7.31. The second-order valence-corrected chi connectivity index (χ2v) is 6.07. The van der Waals surface area contributed by atoms with Crippen molar-refractivity contribution in [3.8, 4) is 5.75 Å². The SMILES string of the molecule is CC(C)c1cccc(Cl)c1.COc1ccc(C(C)C)cc1. The van der Waals surface area contributed by atoms with Gasteiger partial charge in [0.15, 0.2) is 0 Å². The molecule has 0 saturated carbocycles. The predicted octanol–water partition coefficient (Wildman–Crippen LogP) is 6.28. The molecule has 114 valence electrons. The summed E-state index contributed by atoms with van der Waals surface area (Å²) in [4.78, 5) is 0. The lowest BCUT2D eigenvalue weighted by molar-refractivity contribution is 0.414. The highest BCUT2D eigenvalue weighted by molar-refractivity contribution is 6.30. The van der Waals surface area contributed by atoms with Crippen LogP contribution in [0.3, 0.4) is 0 Å². The summed E-state index contributed by atoms with van der Waals surface area (Å²) in [5.41, 5.74) is 2.65. The molecule has 0 amide bonds. The van der Waals surface area contributed by atoms with E-state index in [1.54, 1.807) is 7.11 Å². The van der Waals surface area contributed by atoms with Crippen molar-refractivity contribution in [1.29, 1.82) is 0 Å². The van der Waals surface area contributed by atoms with Crippen LogP contribution in [0.25, 0.3) is 0 Å². The Morgan fingerprint density at radius 3 is 1.76 bits per heavy atom. The van der Waals surface area contributed by atoms with E-state index >= 15 is 0 Å². The summed E-state index contributed by atoms with van der Waals surface area (Å²) in [7, 11) is 1.68. The highest BCUT2D eigenvalue weighted by Gasteiger charge is 1.98. The topological polar surface area (TPSA) is 9.23 Å². The van der Waals surface area contributed by atoms with Crippen LogP contribution < -0.4 is 4.74 Å². The van der Waals surface area contributed by atoms with E-state index in [1.165, 1.54) is 11.1 Å². The van der Waals surface area contributed by atoms with Gasteiger partial charge < -0.3 is 4.74 Å². The van der Waals surface area contributed by atoms with Crippen molar-refractivity contribution in [2.24, 2.45) is 0 Å². The molecule has 2 rings (SSSR count). The van der Waals surface area contributed by atoms with Crippen molar-refractivity contribution < 1.29 is 4.74 Å². The third kappa shape index (κ3) is 6.22. The number of hydrogen-bond donors (Lipinski definition) is 0. The fourth-order valence-electron chi connectivity index (χ4n) is 1.85. The number of hydrogen-bond acceptors (Lipinski definition) is 1. The van der Waals surface area contributed by atoms with Gasteiger partial charge in [0.05, 0.1) is 7.11 Å². The van der Waals surface area contributed by atoms with Gasteiger partial charge >= 0.3 is 0 Å². The van der Waals surface area contributed by atoms with E-state index in [4.69, 9.17) is 16.3 Å². The molecule has 0 unspecified atom stereocenters. The summed E-state index contributed by atoms with van der Waals surface area (Å²) in [5, 5.41) is 0.825. The van der Waals surface area contributed by atoms with Gasteiger partial charge in [-0.05, 0) is 47.2 Å². The molecule has 2 aromatic carbocycles. The van der Waals surface area contributed by atoms with Crippen LogP contribution in [0.4, 0.5) is 0 Å². The van der Waals surface area contributed by atoms with Crippen LogP contribution in [0, 0.1) is 0 Å². The lowest BCUT2D eigenvalue weighted by Gasteiger charge is -2.05. The van der Waals surface area contributed by atoms with Crippen LogP contribution in [0.15, 0.2) is 48.5 Å². The fourth-order valence-corrected chi connectivity index (χ4v) is 2.05. The van der Waals surface area contributed by atoms with E-state index in [0.717, 1.165) is 10.8 Å². The zero-order valence-corrected chi connectivity index (χ0v) is 14.3. The molecule has 0 N–H and O–H groups in total. The lowest BCUT2D eigenvalue weighted by atomic mass is 10.0. The Balaban J connectivity index is 0.000000211. The normalized spacial score (nSPS) is 10.3. The maximum absolute atomic E-state index is 5.79. The summed E-state index contributed by atoms with van der Waals surface area (Å²) >= 11 is 5.79. The molecule has 0 heterocycles. The molecule has 2 heteroatoms. The standard InChI is InChI=1S/C10H14O.C9H11Cl/c1-8(2)9-4-6-10(11-3)7-5-9;1-7(2)8-4-3-5-9(10)6-8/h4-8H,1-3H3;3-7H,1-2H3. The Bertz CT molecular complexity index is 530. The summed E-state index contributed by atoms with van der Waals surface area (Å²) in [6.07, 6.45) is 0. The largest absolute Gasteiger partial charge is 0.497 e. The molecule has 0 saturated heterocycles. The van der Waals surface area contributed by atoms with Crippen molar-refractivity contribution >= 4 is 11.6 Å². The summed E-state index contributed by atoms with van der Waals surface area (Å²) < 4.78 is 5.05. The molecule has 0 atom stereocenters. The van der Waals surface area contributed by atoms with E-state index < -0.39 is 0 Å². The van der Waals surface area contributed by atoms with Gasteiger partial charge in [-0.2, -0.15) is 0 Å². The Hall–Kier alpha value is -1.47. The van der Waals surface area contributed by atoms with Gasteiger partial charge in [0.1, 0.15) is 5.75 Å². The first-order valence-electron chi connectivity index (χ1n) is 7.33. The van der Waals surface area contributed by atoms with Crippen molar-refractivity contribution in [3.63, 3.8) is 0 Å². The molecule has 21 heavy (non-hydrogen) atoms. The van der Waals surface area contributed by atoms with Gasteiger partial charge in [-0.3, -0.25) is 0 Å². The highest BCUT2D eigenvalue weighted by Crippen LogP contribution is 2.18. The maximum Gasteiger partial charge on any atom is 0.118 e. The predicted molar refractivity (Wildman–Crippen MR) is 92.6 cm³/mol. The average molecular weight is 305 g/mol. The van der Waals surface area contributed by atoms with Crippen LogP contribution in [0.2, 0.25) is 5.02 Å². The van der Waals surface area contributed by atoms with Gasteiger partial charge in [0.25, 0.3) is 0 Å². The van der Waals surface area contributed by atoms with Gasteiger partial charge in [0.2, 0.25) is 0 Å².